The molecule has 19 heavy (non-hydrogen) atoms. The minimum Gasteiger partial charge on any atom is -0.477 e. The van der Waals surface area contributed by atoms with Crippen molar-refractivity contribution in [3.63, 3.8) is 0 Å². The average Bonchev–Trinajstić information content (AvgIpc) is 2.78. The Labute approximate surface area is 117 Å². The average molecular weight is 284 g/mol. The predicted molar refractivity (Wildman–Crippen MR) is 75.5 cm³/mol. The van der Waals surface area contributed by atoms with Crippen LogP contribution in [0.2, 0.25) is 0 Å². The van der Waals surface area contributed by atoms with Crippen molar-refractivity contribution in [3.05, 3.63) is 21.9 Å². The molecule has 0 spiro atoms. The lowest BCUT2D eigenvalue weighted by atomic mass is 10.2. The molecule has 0 aliphatic rings. The summed E-state index contributed by atoms with van der Waals surface area (Å²) in [6.07, 6.45) is 0. The van der Waals surface area contributed by atoms with Gasteiger partial charge in [-0.15, -0.1) is 11.3 Å². The number of hydrogen-bond donors (Lipinski definition) is 1. The predicted octanol–water partition coefficient (Wildman–Crippen LogP) is 1.75. The van der Waals surface area contributed by atoms with Crippen molar-refractivity contribution < 1.29 is 14.7 Å². The van der Waals surface area contributed by atoms with Crippen LogP contribution < -0.4 is 0 Å². The Bertz CT molecular complexity index is 441. The molecular weight excluding hydrogens is 264 g/mol. The third kappa shape index (κ3) is 4.33. The lowest BCUT2D eigenvalue weighted by molar-refractivity contribution is -0.131. The number of amides is 1. The first-order valence-electron chi connectivity index (χ1n) is 6.25. The normalized spacial score (nSPS) is 10.7. The van der Waals surface area contributed by atoms with Gasteiger partial charge < -0.3 is 10.0 Å². The van der Waals surface area contributed by atoms with Gasteiger partial charge in [0.05, 0.1) is 6.54 Å². The molecule has 0 aliphatic carbocycles. The molecule has 1 heterocycles. The number of rotatable bonds is 7. The van der Waals surface area contributed by atoms with Crippen molar-refractivity contribution in [2.45, 2.75) is 20.4 Å². The summed E-state index contributed by atoms with van der Waals surface area (Å²) in [5, 5.41) is 10.8. The topological polar surface area (TPSA) is 60.9 Å². The van der Waals surface area contributed by atoms with Crippen LogP contribution in [0.3, 0.4) is 0 Å². The lowest BCUT2D eigenvalue weighted by Gasteiger charge is -2.23. The second kappa shape index (κ2) is 7.25. The van der Waals surface area contributed by atoms with Gasteiger partial charge in [0.15, 0.2) is 0 Å². The van der Waals surface area contributed by atoms with E-state index in [2.05, 4.69) is 0 Å². The molecule has 0 saturated heterocycles. The second-order valence-electron chi connectivity index (χ2n) is 4.32. The van der Waals surface area contributed by atoms with E-state index < -0.39 is 5.97 Å². The van der Waals surface area contributed by atoms with Gasteiger partial charge in [0.25, 0.3) is 0 Å². The molecule has 0 aromatic carbocycles. The van der Waals surface area contributed by atoms with Gasteiger partial charge in [-0.1, -0.05) is 0 Å². The molecule has 0 unspecified atom stereocenters. The van der Waals surface area contributed by atoms with E-state index in [1.807, 2.05) is 25.8 Å². The number of aromatic carboxylic acids is 1. The van der Waals surface area contributed by atoms with Crippen LogP contribution >= 0.6 is 11.3 Å². The lowest BCUT2D eigenvalue weighted by Crippen LogP contribution is -2.38. The first-order chi connectivity index (χ1) is 8.99. The number of carboxylic acid groups (broad SMARTS) is 1. The van der Waals surface area contributed by atoms with E-state index in [4.69, 9.17) is 5.11 Å². The van der Waals surface area contributed by atoms with Gasteiger partial charge in [0.2, 0.25) is 5.91 Å². The quantitative estimate of drug-likeness (QED) is 0.828. The Morgan fingerprint density at radius 2 is 1.95 bits per heavy atom. The molecule has 0 aliphatic heterocycles. The maximum absolute atomic E-state index is 11.9. The summed E-state index contributed by atoms with van der Waals surface area (Å²) in [5.74, 6) is -0.840. The molecule has 1 amide bonds. The molecule has 0 saturated carbocycles. The maximum Gasteiger partial charge on any atom is 0.346 e. The summed E-state index contributed by atoms with van der Waals surface area (Å²) in [6, 6.07) is 1.80. The number of likely N-dealkylation sites (N-methyl/N-ethyl adjacent to an activating group) is 2. The monoisotopic (exact) mass is 284 g/mol. The van der Waals surface area contributed by atoms with E-state index >= 15 is 0 Å². The van der Waals surface area contributed by atoms with Gasteiger partial charge in [0.1, 0.15) is 4.88 Å². The molecule has 6 heteroatoms. The summed E-state index contributed by atoms with van der Waals surface area (Å²) < 4.78 is 0. The van der Waals surface area contributed by atoms with Crippen LogP contribution in [-0.4, -0.2) is 53.5 Å². The van der Waals surface area contributed by atoms with Crippen molar-refractivity contribution >= 4 is 23.2 Å². The molecule has 1 aromatic heterocycles. The summed E-state index contributed by atoms with van der Waals surface area (Å²) in [7, 11) is 1.82. The third-order valence-corrected chi connectivity index (χ3v) is 3.85. The summed E-state index contributed by atoms with van der Waals surface area (Å²) in [6.45, 7) is 6.06. The standard InChI is InChI=1S/C13H20N2O3S/c1-4-15(5-2)11(16)9-14(3)8-10-6-7-19-12(10)13(17)18/h6-7H,4-5,8-9H2,1-3H3,(H,17,18). The van der Waals surface area contributed by atoms with Crippen molar-refractivity contribution in [2.75, 3.05) is 26.7 Å². The molecule has 1 N–H and O–H groups in total. The highest BCUT2D eigenvalue weighted by atomic mass is 32.1. The minimum atomic E-state index is -0.909. The van der Waals surface area contributed by atoms with Gasteiger partial charge in [-0.2, -0.15) is 0 Å². The Morgan fingerprint density at radius 1 is 1.32 bits per heavy atom. The van der Waals surface area contributed by atoms with Crippen LogP contribution in [0.4, 0.5) is 0 Å². The Morgan fingerprint density at radius 3 is 2.47 bits per heavy atom. The molecule has 0 radical (unpaired) electrons. The molecular formula is C13H20N2O3S. The highest BCUT2D eigenvalue weighted by Crippen LogP contribution is 2.18. The number of hydrogen-bond acceptors (Lipinski definition) is 4. The van der Waals surface area contributed by atoms with E-state index in [9.17, 15) is 9.59 Å². The van der Waals surface area contributed by atoms with Gasteiger partial charge in [-0.3, -0.25) is 9.69 Å². The van der Waals surface area contributed by atoms with Crippen molar-refractivity contribution in [3.8, 4) is 0 Å². The molecule has 106 valence electrons. The number of carbonyl (C=O) groups excluding carboxylic acids is 1. The van der Waals surface area contributed by atoms with Crippen molar-refractivity contribution in [1.29, 1.82) is 0 Å². The molecule has 0 bridgehead atoms. The zero-order valence-electron chi connectivity index (χ0n) is 11.5. The van der Waals surface area contributed by atoms with E-state index in [-0.39, 0.29) is 5.91 Å². The Kier molecular flexibility index (Phi) is 5.98. The highest BCUT2D eigenvalue weighted by Gasteiger charge is 2.16. The molecule has 0 fully saturated rings. The summed E-state index contributed by atoms with van der Waals surface area (Å²) in [4.78, 5) is 26.9. The zero-order valence-corrected chi connectivity index (χ0v) is 12.4. The Hall–Kier alpha value is -1.40. The minimum absolute atomic E-state index is 0.0691. The van der Waals surface area contributed by atoms with Crippen LogP contribution in [-0.2, 0) is 11.3 Å². The van der Waals surface area contributed by atoms with Crippen LogP contribution in [0, 0.1) is 0 Å². The molecule has 1 rings (SSSR count). The molecule has 5 nitrogen and oxygen atoms in total. The number of thiophene rings is 1. The smallest absolute Gasteiger partial charge is 0.346 e. The van der Waals surface area contributed by atoms with Gasteiger partial charge in [-0.25, -0.2) is 4.79 Å². The van der Waals surface area contributed by atoms with Crippen molar-refractivity contribution in [2.24, 2.45) is 0 Å². The van der Waals surface area contributed by atoms with Crippen LogP contribution in [0.15, 0.2) is 11.4 Å². The van der Waals surface area contributed by atoms with E-state index in [1.54, 1.807) is 16.3 Å². The zero-order chi connectivity index (χ0) is 14.4. The van der Waals surface area contributed by atoms with Crippen LogP contribution in [0.25, 0.3) is 0 Å². The van der Waals surface area contributed by atoms with Crippen LogP contribution in [0.5, 0.6) is 0 Å². The van der Waals surface area contributed by atoms with E-state index in [0.29, 0.717) is 31.1 Å². The fraction of sp³-hybridized carbons (Fsp3) is 0.538. The van der Waals surface area contributed by atoms with E-state index in [1.165, 1.54) is 11.3 Å². The first kappa shape index (κ1) is 15.7. The summed E-state index contributed by atoms with van der Waals surface area (Å²) >= 11 is 1.21. The fourth-order valence-electron chi connectivity index (χ4n) is 1.90. The van der Waals surface area contributed by atoms with E-state index in [0.717, 1.165) is 5.56 Å². The SMILES string of the molecule is CCN(CC)C(=O)CN(C)Cc1ccsc1C(=O)O. The second-order valence-corrected chi connectivity index (χ2v) is 5.23. The number of nitrogens with zero attached hydrogens (tertiary/aromatic N) is 2. The molecule has 0 atom stereocenters. The first-order valence-corrected chi connectivity index (χ1v) is 7.13. The van der Waals surface area contributed by atoms with Gasteiger partial charge in [0, 0.05) is 19.6 Å². The molecule has 1 aromatic rings. The largest absolute Gasteiger partial charge is 0.477 e. The third-order valence-electron chi connectivity index (χ3n) is 2.90. The van der Waals surface area contributed by atoms with Crippen LogP contribution in [0.1, 0.15) is 29.1 Å². The summed E-state index contributed by atoms with van der Waals surface area (Å²) in [5.41, 5.74) is 0.757. The maximum atomic E-state index is 11.9. The number of carboxylic acids is 1. The Balaban J connectivity index is 2.60. The highest BCUT2D eigenvalue weighted by molar-refractivity contribution is 7.12. The van der Waals surface area contributed by atoms with Gasteiger partial charge >= 0.3 is 5.97 Å². The fourth-order valence-corrected chi connectivity index (χ4v) is 2.65. The van der Waals surface area contributed by atoms with Gasteiger partial charge in [-0.05, 0) is 37.9 Å². The van der Waals surface area contributed by atoms with Crippen molar-refractivity contribution in [1.82, 2.24) is 9.80 Å². The number of carbonyl (C=O) groups is 2.